The maximum absolute atomic E-state index is 12.1. The molecule has 1 aliphatic heterocycles. The van der Waals surface area contributed by atoms with E-state index in [-0.39, 0.29) is 17.7 Å². The second-order valence-corrected chi connectivity index (χ2v) is 7.16. The number of nitrogens with one attached hydrogen (secondary N) is 1. The van der Waals surface area contributed by atoms with Crippen LogP contribution >= 0.6 is 0 Å². The monoisotopic (exact) mass is 342 g/mol. The van der Waals surface area contributed by atoms with Gasteiger partial charge in [-0.2, -0.15) is 0 Å². The maximum Gasteiger partial charge on any atom is 0.229 e. The Morgan fingerprint density at radius 3 is 2.28 bits per heavy atom. The van der Waals surface area contributed by atoms with Crippen molar-refractivity contribution >= 4 is 23.4 Å². The van der Waals surface area contributed by atoms with Crippen LogP contribution in [-0.4, -0.2) is 22.6 Å². The lowest BCUT2D eigenvalue weighted by molar-refractivity contribution is -0.139. The number of hydrogen-bond acceptors (Lipinski definition) is 3. The number of carbonyl (C=O) groups excluding carboxylic acids is 3. The first-order chi connectivity index (χ1) is 12.1. The van der Waals surface area contributed by atoms with Crippen LogP contribution in [0.4, 0.5) is 5.69 Å². The Morgan fingerprint density at radius 1 is 1.00 bits per heavy atom. The zero-order valence-electron chi connectivity index (χ0n) is 14.6. The first kappa shape index (κ1) is 17.6. The van der Waals surface area contributed by atoms with Crippen molar-refractivity contribution in [2.75, 3.05) is 5.32 Å². The van der Waals surface area contributed by atoms with Crippen LogP contribution < -0.4 is 5.32 Å². The summed E-state index contributed by atoms with van der Waals surface area (Å²) in [5.41, 5.74) is 1.65. The Labute approximate surface area is 148 Å². The fourth-order valence-electron chi connectivity index (χ4n) is 3.71. The summed E-state index contributed by atoms with van der Waals surface area (Å²) in [6.07, 6.45) is 8.63. The predicted molar refractivity (Wildman–Crippen MR) is 95.7 cm³/mol. The number of hydrogen-bond donors (Lipinski definition) is 1. The zero-order chi connectivity index (χ0) is 17.6. The van der Waals surface area contributed by atoms with Gasteiger partial charge in [0.25, 0.3) is 0 Å². The quantitative estimate of drug-likeness (QED) is 0.803. The average molecular weight is 342 g/mol. The van der Waals surface area contributed by atoms with Gasteiger partial charge >= 0.3 is 0 Å². The molecule has 1 aromatic rings. The van der Waals surface area contributed by atoms with Crippen LogP contribution in [0.1, 0.15) is 63.4 Å². The van der Waals surface area contributed by atoms with E-state index >= 15 is 0 Å². The van der Waals surface area contributed by atoms with E-state index in [4.69, 9.17) is 0 Å². The summed E-state index contributed by atoms with van der Waals surface area (Å²) < 4.78 is 0. The number of rotatable bonds is 6. The lowest BCUT2D eigenvalue weighted by Crippen LogP contribution is -2.28. The van der Waals surface area contributed by atoms with Gasteiger partial charge in [0, 0.05) is 24.9 Å². The third-order valence-corrected chi connectivity index (χ3v) is 5.24. The highest BCUT2D eigenvalue weighted by atomic mass is 16.2. The molecule has 1 N–H and O–H groups in total. The fourth-order valence-corrected chi connectivity index (χ4v) is 3.71. The molecule has 1 heterocycles. The summed E-state index contributed by atoms with van der Waals surface area (Å²) in [7, 11) is 0. The topological polar surface area (TPSA) is 66.5 Å². The first-order valence-corrected chi connectivity index (χ1v) is 9.34. The van der Waals surface area contributed by atoms with E-state index in [9.17, 15) is 14.4 Å². The summed E-state index contributed by atoms with van der Waals surface area (Å²) in [4.78, 5) is 36.7. The highest BCUT2D eigenvalue weighted by molar-refractivity contribution is 6.01. The lowest BCUT2D eigenvalue weighted by atomic mass is 9.86. The van der Waals surface area contributed by atoms with Gasteiger partial charge in [-0.15, -0.1) is 0 Å². The molecule has 3 rings (SSSR count). The molecule has 1 aliphatic carbocycles. The largest absolute Gasteiger partial charge is 0.326 e. The molecule has 1 aromatic carbocycles. The van der Waals surface area contributed by atoms with Crippen LogP contribution in [0.2, 0.25) is 0 Å². The molecule has 2 aliphatic rings. The van der Waals surface area contributed by atoms with E-state index in [2.05, 4.69) is 5.32 Å². The van der Waals surface area contributed by atoms with Gasteiger partial charge < -0.3 is 5.32 Å². The summed E-state index contributed by atoms with van der Waals surface area (Å²) in [5, 5.41) is 2.93. The van der Waals surface area contributed by atoms with E-state index in [1.165, 1.54) is 37.0 Å². The molecule has 0 atom stereocenters. The summed E-state index contributed by atoms with van der Waals surface area (Å²) in [5.74, 6) is 0.552. The fraction of sp³-hybridized carbons (Fsp3) is 0.550. The summed E-state index contributed by atoms with van der Waals surface area (Å²) in [6.45, 7) is 0.313. The van der Waals surface area contributed by atoms with Crippen molar-refractivity contribution in [2.24, 2.45) is 5.92 Å². The second kappa shape index (κ2) is 8.28. The van der Waals surface area contributed by atoms with E-state index in [1.807, 2.05) is 24.3 Å². The van der Waals surface area contributed by atoms with E-state index in [0.29, 0.717) is 31.7 Å². The molecule has 2 fully saturated rings. The molecule has 5 nitrogen and oxygen atoms in total. The third kappa shape index (κ3) is 4.91. The molecule has 0 spiro atoms. The number of benzene rings is 1. The Balaban J connectivity index is 1.46. The molecular weight excluding hydrogens is 316 g/mol. The third-order valence-electron chi connectivity index (χ3n) is 5.24. The summed E-state index contributed by atoms with van der Waals surface area (Å²) >= 11 is 0. The van der Waals surface area contributed by atoms with E-state index in [0.717, 1.165) is 17.7 Å². The van der Waals surface area contributed by atoms with Crippen molar-refractivity contribution in [2.45, 2.75) is 64.3 Å². The number of anilines is 1. The Kier molecular flexibility index (Phi) is 5.84. The maximum atomic E-state index is 12.1. The minimum atomic E-state index is -0.106. The van der Waals surface area contributed by atoms with Gasteiger partial charge in [0.15, 0.2) is 0 Å². The van der Waals surface area contributed by atoms with Gasteiger partial charge in [0.2, 0.25) is 17.7 Å². The molecule has 1 saturated carbocycles. The molecule has 0 unspecified atom stereocenters. The normalized spacial score (nSPS) is 18.6. The number of carbonyl (C=O) groups is 3. The Hall–Kier alpha value is -2.17. The molecule has 0 bridgehead atoms. The highest BCUT2D eigenvalue weighted by Gasteiger charge is 2.28. The second-order valence-electron chi connectivity index (χ2n) is 7.16. The van der Waals surface area contributed by atoms with Gasteiger partial charge in [0.05, 0.1) is 6.54 Å². The Bertz CT molecular complexity index is 617. The summed E-state index contributed by atoms with van der Waals surface area (Å²) in [6, 6.07) is 7.38. The minimum absolute atomic E-state index is 0.0585. The Morgan fingerprint density at radius 2 is 1.64 bits per heavy atom. The first-order valence-electron chi connectivity index (χ1n) is 9.34. The highest BCUT2D eigenvalue weighted by Crippen LogP contribution is 2.27. The molecular formula is C20H26N2O3. The number of nitrogens with zero attached hydrogens (tertiary/aromatic N) is 1. The average Bonchev–Trinajstić information content (AvgIpc) is 2.94. The molecule has 25 heavy (non-hydrogen) atoms. The molecule has 3 amide bonds. The van der Waals surface area contributed by atoms with Crippen LogP contribution in [-0.2, 0) is 20.9 Å². The van der Waals surface area contributed by atoms with Gasteiger partial charge in [-0.1, -0.05) is 44.2 Å². The van der Waals surface area contributed by atoms with Crippen molar-refractivity contribution < 1.29 is 14.4 Å². The smallest absolute Gasteiger partial charge is 0.229 e. The number of likely N-dealkylation sites (tertiary alicyclic amines) is 1. The molecule has 5 heteroatoms. The lowest BCUT2D eigenvalue weighted by Gasteiger charge is -2.21. The van der Waals surface area contributed by atoms with E-state index in [1.54, 1.807) is 0 Å². The van der Waals surface area contributed by atoms with Crippen LogP contribution in [0.25, 0.3) is 0 Å². The number of imide groups is 1. The van der Waals surface area contributed by atoms with Crippen LogP contribution in [0.3, 0.4) is 0 Å². The van der Waals surface area contributed by atoms with E-state index < -0.39 is 0 Å². The van der Waals surface area contributed by atoms with Crippen LogP contribution in [0, 0.1) is 5.92 Å². The van der Waals surface area contributed by atoms with Crippen molar-refractivity contribution in [1.82, 2.24) is 4.90 Å². The van der Waals surface area contributed by atoms with Crippen LogP contribution in [0.5, 0.6) is 0 Å². The van der Waals surface area contributed by atoms with Gasteiger partial charge in [-0.25, -0.2) is 0 Å². The van der Waals surface area contributed by atoms with Crippen molar-refractivity contribution in [3.8, 4) is 0 Å². The standard InChI is InChI=1S/C20H26N2O3/c23-18(11-8-15-4-2-1-3-5-15)21-17-9-6-16(7-10-17)14-22-19(24)12-13-20(22)25/h6-7,9-10,15H,1-5,8,11-14H2,(H,21,23). The zero-order valence-corrected chi connectivity index (χ0v) is 14.6. The van der Waals surface area contributed by atoms with Crippen molar-refractivity contribution in [3.63, 3.8) is 0 Å². The molecule has 0 aromatic heterocycles. The minimum Gasteiger partial charge on any atom is -0.326 e. The van der Waals surface area contributed by atoms with Crippen molar-refractivity contribution in [1.29, 1.82) is 0 Å². The molecule has 1 saturated heterocycles. The SMILES string of the molecule is O=C(CCC1CCCCC1)Nc1ccc(CN2C(=O)CCC2=O)cc1. The van der Waals surface area contributed by atoms with Crippen molar-refractivity contribution in [3.05, 3.63) is 29.8 Å². The van der Waals surface area contributed by atoms with Crippen LogP contribution in [0.15, 0.2) is 24.3 Å². The van der Waals surface area contributed by atoms with Gasteiger partial charge in [0.1, 0.15) is 0 Å². The molecule has 0 radical (unpaired) electrons. The molecule has 134 valence electrons. The number of amides is 3. The van der Waals surface area contributed by atoms with Gasteiger partial charge in [-0.05, 0) is 30.0 Å². The van der Waals surface area contributed by atoms with Gasteiger partial charge in [-0.3, -0.25) is 19.3 Å². The predicted octanol–water partition coefficient (Wildman–Crippen LogP) is 3.63.